The lowest BCUT2D eigenvalue weighted by Crippen LogP contribution is -2.03. The Morgan fingerprint density at radius 1 is 0.905 bits per heavy atom. The first-order chi connectivity index (χ1) is 9.93. The van der Waals surface area contributed by atoms with Crippen LogP contribution >= 0.6 is 0 Å². The van der Waals surface area contributed by atoms with Crippen molar-refractivity contribution >= 4 is 5.78 Å². The summed E-state index contributed by atoms with van der Waals surface area (Å²) in [5, 5.41) is 18.0. The van der Waals surface area contributed by atoms with Gasteiger partial charge in [0.05, 0.1) is 12.2 Å². The van der Waals surface area contributed by atoms with Gasteiger partial charge in [0, 0.05) is 6.42 Å². The Labute approximate surface area is 132 Å². The van der Waals surface area contributed by atoms with Crippen molar-refractivity contribution in [3.63, 3.8) is 0 Å². The molecule has 1 unspecified atom stereocenters. The van der Waals surface area contributed by atoms with Gasteiger partial charge >= 0.3 is 0 Å². The summed E-state index contributed by atoms with van der Waals surface area (Å²) in [4.78, 5) is 10.3. The second kappa shape index (κ2) is 17.6. The Kier molecular flexibility index (Phi) is 19.2. The number of ketones is 1. The molecule has 0 aromatic carbocycles. The molecule has 0 aromatic rings. The SMILES string of the molecule is CC(=O)CCC[C@H](C)O.CCCCCCCCC(O)CC. The van der Waals surface area contributed by atoms with Crippen LogP contribution in [0.15, 0.2) is 0 Å². The summed E-state index contributed by atoms with van der Waals surface area (Å²) in [5.74, 6) is 0.204. The minimum absolute atomic E-state index is 0.0452. The maximum absolute atomic E-state index is 10.3. The summed E-state index contributed by atoms with van der Waals surface area (Å²) in [6.45, 7) is 7.59. The monoisotopic (exact) mass is 302 g/mol. The van der Waals surface area contributed by atoms with Crippen LogP contribution in [0, 0.1) is 0 Å². The quantitative estimate of drug-likeness (QED) is 0.517. The Bertz CT molecular complexity index is 215. The van der Waals surface area contributed by atoms with E-state index >= 15 is 0 Å². The highest BCUT2D eigenvalue weighted by atomic mass is 16.3. The summed E-state index contributed by atoms with van der Waals surface area (Å²) in [6, 6.07) is 0. The summed E-state index contributed by atoms with van der Waals surface area (Å²) >= 11 is 0. The van der Waals surface area contributed by atoms with Crippen LogP contribution in [-0.4, -0.2) is 28.2 Å². The van der Waals surface area contributed by atoms with Gasteiger partial charge in [0.1, 0.15) is 5.78 Å². The van der Waals surface area contributed by atoms with Crippen LogP contribution in [0.4, 0.5) is 0 Å². The topological polar surface area (TPSA) is 57.5 Å². The maximum Gasteiger partial charge on any atom is 0.129 e. The van der Waals surface area contributed by atoms with E-state index in [2.05, 4.69) is 6.92 Å². The minimum Gasteiger partial charge on any atom is -0.393 e. The number of carbonyl (C=O) groups excluding carboxylic acids is 1. The van der Waals surface area contributed by atoms with E-state index in [1.54, 1.807) is 13.8 Å². The molecule has 0 bridgehead atoms. The summed E-state index contributed by atoms with van der Waals surface area (Å²) in [5.41, 5.74) is 0. The van der Waals surface area contributed by atoms with Crippen LogP contribution in [0.25, 0.3) is 0 Å². The number of hydrogen-bond acceptors (Lipinski definition) is 3. The van der Waals surface area contributed by atoms with Crippen LogP contribution in [0.5, 0.6) is 0 Å². The van der Waals surface area contributed by atoms with Gasteiger partial charge in [-0.15, -0.1) is 0 Å². The average molecular weight is 302 g/mol. The van der Waals surface area contributed by atoms with Gasteiger partial charge in [-0.25, -0.2) is 0 Å². The molecule has 128 valence electrons. The Morgan fingerprint density at radius 2 is 1.48 bits per heavy atom. The molecule has 0 fully saturated rings. The minimum atomic E-state index is -0.260. The molecule has 3 heteroatoms. The number of hydrogen-bond donors (Lipinski definition) is 2. The van der Waals surface area contributed by atoms with E-state index < -0.39 is 0 Å². The predicted molar refractivity (Wildman–Crippen MR) is 90.5 cm³/mol. The first kappa shape index (κ1) is 22.9. The van der Waals surface area contributed by atoms with E-state index in [0.29, 0.717) is 6.42 Å². The van der Waals surface area contributed by atoms with E-state index in [0.717, 1.165) is 25.7 Å². The Hall–Kier alpha value is -0.410. The van der Waals surface area contributed by atoms with Crippen LogP contribution in [0.1, 0.15) is 98.3 Å². The van der Waals surface area contributed by atoms with Crippen molar-refractivity contribution in [1.82, 2.24) is 0 Å². The molecule has 0 heterocycles. The van der Waals surface area contributed by atoms with E-state index in [1.165, 1.54) is 38.5 Å². The van der Waals surface area contributed by atoms with Crippen molar-refractivity contribution in [2.75, 3.05) is 0 Å². The van der Waals surface area contributed by atoms with Gasteiger partial charge in [0.25, 0.3) is 0 Å². The van der Waals surface area contributed by atoms with Gasteiger partial charge in [-0.05, 0) is 39.5 Å². The zero-order valence-corrected chi connectivity index (χ0v) is 14.7. The number of rotatable bonds is 12. The molecule has 0 saturated heterocycles. The van der Waals surface area contributed by atoms with Crippen molar-refractivity contribution in [2.24, 2.45) is 0 Å². The van der Waals surface area contributed by atoms with Crippen molar-refractivity contribution in [3.05, 3.63) is 0 Å². The number of aliphatic hydroxyl groups is 2. The van der Waals surface area contributed by atoms with Crippen molar-refractivity contribution < 1.29 is 15.0 Å². The van der Waals surface area contributed by atoms with Gasteiger partial charge in [-0.1, -0.05) is 52.4 Å². The molecule has 0 spiro atoms. The highest BCUT2D eigenvalue weighted by Crippen LogP contribution is 2.09. The van der Waals surface area contributed by atoms with Crippen molar-refractivity contribution in [3.8, 4) is 0 Å². The molecular formula is C18H38O3. The molecule has 3 nitrogen and oxygen atoms in total. The third-order valence-corrected chi connectivity index (χ3v) is 3.51. The van der Waals surface area contributed by atoms with Crippen molar-refractivity contribution in [1.29, 1.82) is 0 Å². The zero-order valence-electron chi connectivity index (χ0n) is 14.7. The van der Waals surface area contributed by atoms with E-state index in [1.807, 2.05) is 6.92 Å². The summed E-state index contributed by atoms with van der Waals surface area (Å²) < 4.78 is 0. The normalized spacial score (nSPS) is 13.2. The summed E-state index contributed by atoms with van der Waals surface area (Å²) in [7, 11) is 0. The Balaban J connectivity index is 0. The molecule has 0 aliphatic heterocycles. The van der Waals surface area contributed by atoms with Crippen LogP contribution in [0.3, 0.4) is 0 Å². The largest absolute Gasteiger partial charge is 0.393 e. The van der Waals surface area contributed by atoms with Gasteiger partial charge in [-0.2, -0.15) is 0 Å². The fraction of sp³-hybridized carbons (Fsp3) is 0.944. The first-order valence-electron chi connectivity index (χ1n) is 8.79. The number of Topliss-reactive ketones (excluding diaryl/α,β-unsaturated/α-hetero) is 1. The molecule has 2 N–H and O–H groups in total. The van der Waals surface area contributed by atoms with Gasteiger partial charge in [-0.3, -0.25) is 0 Å². The molecule has 21 heavy (non-hydrogen) atoms. The smallest absolute Gasteiger partial charge is 0.129 e. The van der Waals surface area contributed by atoms with Crippen LogP contribution in [-0.2, 0) is 4.79 Å². The van der Waals surface area contributed by atoms with Crippen molar-refractivity contribution in [2.45, 2.75) is 111 Å². The number of aliphatic hydroxyl groups excluding tert-OH is 2. The fourth-order valence-corrected chi connectivity index (χ4v) is 2.01. The molecule has 0 amide bonds. The van der Waals surface area contributed by atoms with Gasteiger partial charge < -0.3 is 15.0 Å². The predicted octanol–water partition coefficient (Wildman–Crippen LogP) is 4.63. The molecule has 0 aliphatic rings. The van der Waals surface area contributed by atoms with Gasteiger partial charge in [0.2, 0.25) is 0 Å². The van der Waals surface area contributed by atoms with E-state index in [-0.39, 0.29) is 18.0 Å². The number of carbonyl (C=O) groups is 1. The number of unbranched alkanes of at least 4 members (excludes halogenated alkanes) is 5. The molecule has 0 radical (unpaired) electrons. The molecular weight excluding hydrogens is 264 g/mol. The van der Waals surface area contributed by atoms with E-state index in [9.17, 15) is 9.90 Å². The standard InChI is InChI=1S/C11H24O.C7H14O2/c1-3-5-6-7-8-9-10-11(12)4-2;1-6(8)4-3-5-7(2)9/h11-12H,3-10H2,1-2H3;6,8H,3-5H2,1-2H3/t;6-/m.0/s1. The second-order valence-electron chi connectivity index (χ2n) is 6.06. The molecule has 0 rings (SSSR count). The lowest BCUT2D eigenvalue weighted by atomic mass is 10.1. The molecule has 0 saturated carbocycles. The third kappa shape index (κ3) is 24.9. The fourth-order valence-electron chi connectivity index (χ4n) is 2.01. The zero-order chi connectivity index (χ0) is 16.5. The van der Waals surface area contributed by atoms with Crippen LogP contribution < -0.4 is 0 Å². The highest BCUT2D eigenvalue weighted by Gasteiger charge is 1.99. The first-order valence-corrected chi connectivity index (χ1v) is 8.79. The molecule has 2 atom stereocenters. The second-order valence-corrected chi connectivity index (χ2v) is 6.06. The van der Waals surface area contributed by atoms with E-state index in [4.69, 9.17) is 5.11 Å². The third-order valence-electron chi connectivity index (χ3n) is 3.51. The molecule has 0 aromatic heterocycles. The lowest BCUT2D eigenvalue weighted by molar-refractivity contribution is -0.117. The Morgan fingerprint density at radius 3 is 1.95 bits per heavy atom. The molecule has 0 aliphatic carbocycles. The maximum atomic E-state index is 10.3. The van der Waals surface area contributed by atoms with Gasteiger partial charge in [0.15, 0.2) is 0 Å². The average Bonchev–Trinajstić information content (AvgIpc) is 2.42. The highest BCUT2D eigenvalue weighted by molar-refractivity contribution is 5.75. The summed E-state index contributed by atoms with van der Waals surface area (Å²) in [6.07, 6.45) is 11.7. The lowest BCUT2D eigenvalue weighted by Gasteiger charge is -2.06. The van der Waals surface area contributed by atoms with Crippen LogP contribution in [0.2, 0.25) is 0 Å².